The molecule has 23 heavy (non-hydrogen) atoms. The molecule has 1 spiro atoms. The van der Waals surface area contributed by atoms with E-state index in [1.165, 1.54) is 12.8 Å². The topological polar surface area (TPSA) is 56.6 Å². The van der Waals surface area contributed by atoms with Gasteiger partial charge in [0, 0.05) is 37.8 Å². The number of hydrogen-bond acceptors (Lipinski definition) is 4. The van der Waals surface area contributed by atoms with Crippen LogP contribution in [0.15, 0.2) is 24.3 Å². The molecule has 2 saturated heterocycles. The van der Waals surface area contributed by atoms with Crippen LogP contribution in [0.3, 0.4) is 0 Å². The maximum absolute atomic E-state index is 12.7. The number of piperidine rings is 1. The Morgan fingerprint density at radius 1 is 1.39 bits per heavy atom. The smallest absolute Gasteiger partial charge is 0.228 e. The van der Waals surface area contributed by atoms with E-state index in [0.717, 1.165) is 25.2 Å². The molecule has 122 valence electrons. The number of carbonyl (C=O) groups excluding carboxylic acids is 1. The molecule has 1 atom stereocenters. The Labute approximate surface area is 137 Å². The maximum Gasteiger partial charge on any atom is 0.228 e. The zero-order valence-electron chi connectivity index (χ0n) is 13.6. The van der Waals surface area contributed by atoms with E-state index < -0.39 is 0 Å². The monoisotopic (exact) mass is 313 g/mol. The van der Waals surface area contributed by atoms with E-state index in [9.17, 15) is 4.79 Å². The lowest BCUT2D eigenvalue weighted by molar-refractivity contribution is -0.118. The van der Waals surface area contributed by atoms with E-state index in [2.05, 4.69) is 11.0 Å². The molecule has 1 unspecified atom stereocenters. The fraction of sp³-hybridized carbons (Fsp3) is 0.556. The van der Waals surface area contributed by atoms with Gasteiger partial charge in [-0.25, -0.2) is 0 Å². The van der Waals surface area contributed by atoms with Gasteiger partial charge in [-0.3, -0.25) is 9.69 Å². The summed E-state index contributed by atoms with van der Waals surface area (Å²) in [5.74, 6) is 0.157. The summed E-state index contributed by atoms with van der Waals surface area (Å²) in [6.07, 6.45) is 3.97. The lowest BCUT2D eigenvalue weighted by Gasteiger charge is -2.44. The van der Waals surface area contributed by atoms with Crippen LogP contribution in [0.2, 0.25) is 0 Å². The predicted molar refractivity (Wildman–Crippen MR) is 88.2 cm³/mol. The van der Waals surface area contributed by atoms with E-state index in [-0.39, 0.29) is 11.4 Å². The Morgan fingerprint density at radius 3 is 3.04 bits per heavy atom. The van der Waals surface area contributed by atoms with Crippen LogP contribution < -0.4 is 4.90 Å². The van der Waals surface area contributed by atoms with Crippen molar-refractivity contribution in [2.75, 3.05) is 38.3 Å². The number of nitriles is 1. The van der Waals surface area contributed by atoms with Gasteiger partial charge in [-0.2, -0.15) is 5.26 Å². The zero-order valence-corrected chi connectivity index (χ0v) is 13.6. The second-order valence-electron chi connectivity index (χ2n) is 6.48. The highest BCUT2D eigenvalue weighted by atomic mass is 16.5. The van der Waals surface area contributed by atoms with Gasteiger partial charge in [0.15, 0.2) is 0 Å². The molecule has 2 aliphatic heterocycles. The molecule has 5 nitrogen and oxygen atoms in total. The number of likely N-dealkylation sites (tertiary alicyclic amines) is 1. The van der Waals surface area contributed by atoms with Crippen LogP contribution in [0.5, 0.6) is 0 Å². The summed E-state index contributed by atoms with van der Waals surface area (Å²) >= 11 is 0. The molecule has 2 fully saturated rings. The molecule has 1 aromatic rings. The van der Waals surface area contributed by atoms with Gasteiger partial charge < -0.3 is 9.64 Å². The van der Waals surface area contributed by atoms with E-state index in [0.29, 0.717) is 25.1 Å². The molecule has 0 aromatic heterocycles. The average molecular weight is 313 g/mol. The lowest BCUT2D eigenvalue weighted by Crippen LogP contribution is -2.54. The fourth-order valence-electron chi connectivity index (χ4n) is 3.88. The van der Waals surface area contributed by atoms with Gasteiger partial charge in [-0.1, -0.05) is 12.5 Å². The van der Waals surface area contributed by atoms with Crippen molar-refractivity contribution >= 4 is 11.6 Å². The summed E-state index contributed by atoms with van der Waals surface area (Å²) in [6.45, 7) is 3.31. The number of methoxy groups -OCH3 is 1. The molecule has 0 saturated carbocycles. The van der Waals surface area contributed by atoms with Crippen molar-refractivity contribution in [3.8, 4) is 6.07 Å². The highest BCUT2D eigenvalue weighted by Crippen LogP contribution is 2.39. The molecule has 0 radical (unpaired) electrons. The van der Waals surface area contributed by atoms with E-state index in [1.54, 1.807) is 19.2 Å². The Hall–Kier alpha value is -1.90. The molecule has 0 bridgehead atoms. The summed E-state index contributed by atoms with van der Waals surface area (Å²) in [7, 11) is 1.72. The standard InChI is InChI=1S/C18H23N3O2/c1-23-10-9-20-8-3-2-7-18(20)12-17(22)21(14-18)16-6-4-5-15(11-16)13-19/h4-6,11H,2-3,7-10,12,14H2,1H3. The lowest BCUT2D eigenvalue weighted by atomic mass is 9.85. The third-order valence-corrected chi connectivity index (χ3v) is 5.08. The van der Waals surface area contributed by atoms with Crippen molar-refractivity contribution in [2.24, 2.45) is 0 Å². The van der Waals surface area contributed by atoms with Crippen LogP contribution in [0, 0.1) is 11.3 Å². The third kappa shape index (κ3) is 3.10. The number of rotatable bonds is 4. The van der Waals surface area contributed by atoms with E-state index in [4.69, 9.17) is 10.00 Å². The van der Waals surface area contributed by atoms with Gasteiger partial charge >= 0.3 is 0 Å². The van der Waals surface area contributed by atoms with Crippen molar-refractivity contribution in [3.63, 3.8) is 0 Å². The molecule has 3 rings (SSSR count). The van der Waals surface area contributed by atoms with Crippen LogP contribution in [0.1, 0.15) is 31.2 Å². The van der Waals surface area contributed by atoms with Crippen molar-refractivity contribution in [3.05, 3.63) is 29.8 Å². The van der Waals surface area contributed by atoms with Crippen LogP contribution in [0.4, 0.5) is 5.69 Å². The molecule has 0 aliphatic carbocycles. The van der Waals surface area contributed by atoms with Crippen LogP contribution >= 0.6 is 0 Å². The third-order valence-electron chi connectivity index (χ3n) is 5.08. The molecule has 1 amide bonds. The summed E-state index contributed by atoms with van der Waals surface area (Å²) in [5.41, 5.74) is 1.36. The second-order valence-corrected chi connectivity index (χ2v) is 6.48. The van der Waals surface area contributed by atoms with Gasteiger partial charge in [0.1, 0.15) is 0 Å². The number of benzene rings is 1. The quantitative estimate of drug-likeness (QED) is 0.855. The van der Waals surface area contributed by atoms with Gasteiger partial charge in [-0.15, -0.1) is 0 Å². The minimum absolute atomic E-state index is 0.0729. The molecular weight excluding hydrogens is 290 g/mol. The Bertz CT molecular complexity index is 625. The Kier molecular flexibility index (Phi) is 4.65. The summed E-state index contributed by atoms with van der Waals surface area (Å²) in [5, 5.41) is 9.08. The van der Waals surface area contributed by atoms with Gasteiger partial charge in [0.25, 0.3) is 0 Å². The van der Waals surface area contributed by atoms with Gasteiger partial charge in [-0.05, 0) is 37.6 Å². The molecule has 2 heterocycles. The number of hydrogen-bond donors (Lipinski definition) is 0. The van der Waals surface area contributed by atoms with Crippen LogP contribution in [0.25, 0.3) is 0 Å². The van der Waals surface area contributed by atoms with E-state index in [1.807, 2.05) is 17.0 Å². The number of ether oxygens (including phenoxy) is 1. The SMILES string of the molecule is COCCN1CCCCC12CC(=O)N(c1cccc(C#N)c1)C2. The fourth-order valence-corrected chi connectivity index (χ4v) is 3.88. The van der Waals surface area contributed by atoms with Crippen LogP contribution in [-0.4, -0.2) is 49.7 Å². The number of anilines is 1. The van der Waals surface area contributed by atoms with Gasteiger partial charge in [0.2, 0.25) is 5.91 Å². The molecule has 1 aromatic carbocycles. The first-order chi connectivity index (χ1) is 11.2. The molecule has 0 N–H and O–H groups in total. The molecule has 5 heteroatoms. The first-order valence-corrected chi connectivity index (χ1v) is 8.23. The van der Waals surface area contributed by atoms with Crippen molar-refractivity contribution in [1.82, 2.24) is 4.90 Å². The largest absolute Gasteiger partial charge is 0.383 e. The van der Waals surface area contributed by atoms with Gasteiger partial charge in [0.05, 0.1) is 18.2 Å². The first kappa shape index (κ1) is 16.0. The molecular formula is C18H23N3O2. The number of nitrogens with zero attached hydrogens (tertiary/aromatic N) is 3. The summed E-state index contributed by atoms with van der Waals surface area (Å²) in [6, 6.07) is 9.48. The van der Waals surface area contributed by atoms with Crippen molar-refractivity contribution in [1.29, 1.82) is 5.26 Å². The van der Waals surface area contributed by atoms with E-state index >= 15 is 0 Å². The predicted octanol–water partition coefficient (Wildman–Crippen LogP) is 2.17. The molecule has 2 aliphatic rings. The summed E-state index contributed by atoms with van der Waals surface area (Å²) in [4.78, 5) is 16.9. The van der Waals surface area contributed by atoms with Crippen molar-refractivity contribution in [2.45, 2.75) is 31.2 Å². The first-order valence-electron chi connectivity index (χ1n) is 8.23. The van der Waals surface area contributed by atoms with Crippen molar-refractivity contribution < 1.29 is 9.53 Å². The minimum Gasteiger partial charge on any atom is -0.383 e. The average Bonchev–Trinajstić information content (AvgIpc) is 2.91. The summed E-state index contributed by atoms with van der Waals surface area (Å²) < 4.78 is 5.24. The Balaban J connectivity index is 1.83. The number of amides is 1. The highest BCUT2D eigenvalue weighted by molar-refractivity contribution is 5.97. The number of carbonyl (C=O) groups is 1. The maximum atomic E-state index is 12.7. The van der Waals surface area contributed by atoms with Crippen LogP contribution in [-0.2, 0) is 9.53 Å². The minimum atomic E-state index is -0.0729. The second kappa shape index (κ2) is 6.69. The Morgan fingerprint density at radius 2 is 2.26 bits per heavy atom. The normalized spacial score (nSPS) is 25.0. The highest BCUT2D eigenvalue weighted by Gasteiger charge is 2.48. The zero-order chi connectivity index (χ0) is 16.3.